The summed E-state index contributed by atoms with van der Waals surface area (Å²) in [6, 6.07) is 77.2. The lowest BCUT2D eigenvalue weighted by Gasteiger charge is -2.30. The van der Waals surface area contributed by atoms with Gasteiger partial charge in [0.25, 0.3) is 0 Å². The molecule has 0 saturated heterocycles. The number of fused-ring (bicyclic) bond motifs is 16. The summed E-state index contributed by atoms with van der Waals surface area (Å²) in [4.78, 5) is 5.45. The van der Waals surface area contributed by atoms with Gasteiger partial charge >= 0.3 is 0 Å². The van der Waals surface area contributed by atoms with E-state index in [0.717, 1.165) is 56.0 Å². The van der Waals surface area contributed by atoms with E-state index < -0.39 is 5.41 Å². The van der Waals surface area contributed by atoms with Gasteiger partial charge in [-0.25, -0.2) is 9.37 Å². The van der Waals surface area contributed by atoms with Crippen LogP contribution in [0.3, 0.4) is 0 Å². The standard InChI is InChI=1S/C60H36FN3/c61-40-28-30-45-44-29-25-39(35-52(44)60(53(45)36-40)50-19-8-4-15-42(50)43-16-5-9-20-51(43)60)54-21-12-24-59(62-54)64-56-23-11-7-18-47(56)49-34-38(27-32-58(49)64)37-26-31-57-48(33-37)46-17-6-10-22-55(46)63(57)41-13-2-1-3-14-41/h1-36H. The summed E-state index contributed by atoms with van der Waals surface area (Å²) in [6.45, 7) is 0. The average molecular weight is 818 g/mol. The van der Waals surface area contributed by atoms with Crippen molar-refractivity contribution in [3.63, 3.8) is 0 Å². The molecule has 2 aliphatic carbocycles. The second kappa shape index (κ2) is 13.1. The van der Waals surface area contributed by atoms with Gasteiger partial charge in [0.1, 0.15) is 11.6 Å². The largest absolute Gasteiger partial charge is 0.309 e. The van der Waals surface area contributed by atoms with E-state index in [2.05, 4.69) is 209 Å². The summed E-state index contributed by atoms with van der Waals surface area (Å²) in [5.74, 6) is 0.623. The molecule has 1 spiro atoms. The Hall–Kier alpha value is -8.34. The summed E-state index contributed by atoms with van der Waals surface area (Å²) in [7, 11) is 0. The fourth-order valence-electron chi connectivity index (χ4n) is 11.4. The van der Waals surface area contributed by atoms with E-state index in [1.165, 1.54) is 66.0 Å². The van der Waals surface area contributed by atoms with Crippen molar-refractivity contribution >= 4 is 43.6 Å². The van der Waals surface area contributed by atoms with Crippen molar-refractivity contribution in [2.75, 3.05) is 0 Å². The predicted octanol–water partition coefficient (Wildman–Crippen LogP) is 15.1. The topological polar surface area (TPSA) is 22.8 Å². The van der Waals surface area contributed by atoms with E-state index in [4.69, 9.17) is 4.98 Å². The van der Waals surface area contributed by atoms with Gasteiger partial charge in [-0.05, 0) is 134 Å². The van der Waals surface area contributed by atoms with Gasteiger partial charge in [0.15, 0.2) is 0 Å². The third-order valence-electron chi connectivity index (χ3n) is 14.0. The van der Waals surface area contributed by atoms with Crippen LogP contribution < -0.4 is 0 Å². The van der Waals surface area contributed by atoms with E-state index in [1.807, 2.05) is 6.07 Å². The summed E-state index contributed by atoms with van der Waals surface area (Å²) in [5.41, 5.74) is 18.4. The van der Waals surface area contributed by atoms with Crippen molar-refractivity contribution in [1.29, 1.82) is 0 Å². The number of hydrogen-bond donors (Lipinski definition) is 0. The molecular formula is C60H36FN3. The molecule has 0 radical (unpaired) electrons. The minimum Gasteiger partial charge on any atom is -0.309 e. The maximum atomic E-state index is 15.4. The molecule has 2 aliphatic rings. The molecule has 0 fully saturated rings. The van der Waals surface area contributed by atoms with Crippen LogP contribution in [0.15, 0.2) is 218 Å². The first kappa shape index (κ1) is 35.3. The molecule has 0 bridgehead atoms. The predicted molar refractivity (Wildman–Crippen MR) is 260 cm³/mol. The van der Waals surface area contributed by atoms with Crippen LogP contribution in [0, 0.1) is 5.82 Å². The van der Waals surface area contributed by atoms with Crippen molar-refractivity contribution < 1.29 is 4.39 Å². The molecular weight excluding hydrogens is 782 g/mol. The van der Waals surface area contributed by atoms with Crippen LogP contribution in [0.4, 0.5) is 4.39 Å². The fraction of sp³-hybridized carbons (Fsp3) is 0.0167. The highest BCUT2D eigenvalue weighted by Crippen LogP contribution is 2.63. The Bertz CT molecular complexity index is 3880. The number of rotatable bonds is 4. The quantitative estimate of drug-likeness (QED) is 0.173. The zero-order chi connectivity index (χ0) is 42.1. The van der Waals surface area contributed by atoms with Gasteiger partial charge in [0.05, 0.1) is 33.2 Å². The second-order valence-corrected chi connectivity index (χ2v) is 17.2. The van der Waals surface area contributed by atoms with Crippen LogP contribution in [0.5, 0.6) is 0 Å². The minimum atomic E-state index is -0.651. The van der Waals surface area contributed by atoms with E-state index >= 15 is 4.39 Å². The summed E-state index contributed by atoms with van der Waals surface area (Å²) >= 11 is 0. The van der Waals surface area contributed by atoms with Crippen LogP contribution in [0.2, 0.25) is 0 Å². The molecule has 0 amide bonds. The van der Waals surface area contributed by atoms with Crippen molar-refractivity contribution in [2.24, 2.45) is 0 Å². The normalized spacial score (nSPS) is 13.2. The summed E-state index contributed by atoms with van der Waals surface area (Å²) in [5, 5.41) is 4.82. The number of benzene rings is 9. The molecule has 0 N–H and O–H groups in total. The first-order chi connectivity index (χ1) is 31.6. The average Bonchev–Trinajstić information content (AvgIpc) is 4.05. The van der Waals surface area contributed by atoms with E-state index in [1.54, 1.807) is 12.1 Å². The van der Waals surface area contributed by atoms with Gasteiger partial charge < -0.3 is 4.57 Å². The van der Waals surface area contributed by atoms with Crippen LogP contribution in [0.25, 0.3) is 99.8 Å². The van der Waals surface area contributed by atoms with Gasteiger partial charge in [-0.1, -0.05) is 140 Å². The summed E-state index contributed by atoms with van der Waals surface area (Å²) in [6.07, 6.45) is 0. The lowest BCUT2D eigenvalue weighted by Crippen LogP contribution is -2.26. The highest BCUT2D eigenvalue weighted by Gasteiger charge is 2.51. The summed E-state index contributed by atoms with van der Waals surface area (Å²) < 4.78 is 20.0. The zero-order valence-corrected chi connectivity index (χ0v) is 34.5. The van der Waals surface area contributed by atoms with Gasteiger partial charge in [-0.3, -0.25) is 4.57 Å². The number of pyridine rings is 1. The molecule has 3 heterocycles. The van der Waals surface area contributed by atoms with Crippen LogP contribution >= 0.6 is 0 Å². The monoisotopic (exact) mass is 817 g/mol. The van der Waals surface area contributed by atoms with Gasteiger partial charge in [-0.2, -0.15) is 0 Å². The number of nitrogens with zero attached hydrogens (tertiary/aromatic N) is 3. The molecule has 3 nitrogen and oxygen atoms in total. The number of aromatic nitrogens is 3. The fourth-order valence-corrected chi connectivity index (χ4v) is 11.4. The third kappa shape index (κ3) is 4.71. The maximum Gasteiger partial charge on any atom is 0.138 e. The Morgan fingerprint density at radius 2 is 0.859 bits per heavy atom. The molecule has 9 aromatic carbocycles. The number of halogens is 1. The molecule has 0 unspecified atom stereocenters. The molecule has 14 rings (SSSR count). The van der Waals surface area contributed by atoms with Gasteiger partial charge in [-0.15, -0.1) is 0 Å². The lowest BCUT2D eigenvalue weighted by atomic mass is 9.70. The Morgan fingerprint density at radius 3 is 1.55 bits per heavy atom. The molecule has 298 valence electrons. The van der Waals surface area contributed by atoms with Crippen LogP contribution in [0.1, 0.15) is 22.3 Å². The molecule has 4 heteroatoms. The molecule has 0 aliphatic heterocycles. The first-order valence-electron chi connectivity index (χ1n) is 21.9. The molecule has 0 saturated carbocycles. The SMILES string of the molecule is Fc1ccc2c(c1)C1(c3ccccc3-c3ccccc31)c1cc(-c3cccc(-n4c5ccccc5c5cc(-c6ccc7c(c6)c6ccccc6n7-c6ccccc6)ccc54)n3)ccc1-2. The zero-order valence-electron chi connectivity index (χ0n) is 34.5. The minimum absolute atomic E-state index is 0.228. The highest BCUT2D eigenvalue weighted by atomic mass is 19.1. The lowest BCUT2D eigenvalue weighted by molar-refractivity contribution is 0.622. The molecule has 3 aromatic heterocycles. The van der Waals surface area contributed by atoms with E-state index in [-0.39, 0.29) is 5.82 Å². The Balaban J connectivity index is 0.912. The molecule has 64 heavy (non-hydrogen) atoms. The van der Waals surface area contributed by atoms with E-state index in [0.29, 0.717) is 0 Å². The van der Waals surface area contributed by atoms with Crippen molar-refractivity contribution in [1.82, 2.24) is 14.1 Å². The van der Waals surface area contributed by atoms with Crippen molar-refractivity contribution in [3.8, 4) is 56.1 Å². The maximum absolute atomic E-state index is 15.4. The Kier molecular flexibility index (Phi) is 7.21. The molecule has 12 aromatic rings. The van der Waals surface area contributed by atoms with Gasteiger partial charge in [0, 0.05) is 32.8 Å². The van der Waals surface area contributed by atoms with E-state index in [9.17, 15) is 0 Å². The molecule has 0 atom stereocenters. The number of para-hydroxylation sites is 3. The number of hydrogen-bond acceptors (Lipinski definition) is 1. The van der Waals surface area contributed by atoms with Crippen LogP contribution in [-0.4, -0.2) is 14.1 Å². The van der Waals surface area contributed by atoms with Crippen molar-refractivity contribution in [3.05, 3.63) is 246 Å². The third-order valence-corrected chi connectivity index (χ3v) is 14.0. The smallest absolute Gasteiger partial charge is 0.138 e. The first-order valence-corrected chi connectivity index (χ1v) is 21.9. The van der Waals surface area contributed by atoms with Gasteiger partial charge in [0.2, 0.25) is 0 Å². The van der Waals surface area contributed by atoms with Crippen molar-refractivity contribution in [2.45, 2.75) is 5.41 Å². The highest BCUT2D eigenvalue weighted by molar-refractivity contribution is 6.12. The van der Waals surface area contributed by atoms with Crippen LogP contribution in [-0.2, 0) is 5.41 Å². The second-order valence-electron chi connectivity index (χ2n) is 17.2. The Morgan fingerprint density at radius 1 is 0.344 bits per heavy atom. The Labute approximate surface area is 368 Å².